The van der Waals surface area contributed by atoms with Crippen molar-refractivity contribution in [3.8, 4) is 0 Å². The first-order chi connectivity index (χ1) is 10.3. The molecule has 2 rings (SSSR count). The molecular weight excluding hydrogens is 306 g/mol. The van der Waals surface area contributed by atoms with Gasteiger partial charge in [-0.25, -0.2) is 0 Å². The normalized spacial score (nSPS) is 31.2. The molecule has 0 aromatic heterocycles. The number of ether oxygens (including phenoxy) is 1. The van der Waals surface area contributed by atoms with Crippen LogP contribution in [0.15, 0.2) is 0 Å². The Hall–Kier alpha value is -0.700. The molecule has 8 heteroatoms. The minimum Gasteiger partial charge on any atom is -0.384 e. The monoisotopic (exact) mass is 333 g/mol. The molecule has 0 saturated carbocycles. The molecule has 2 fully saturated rings. The summed E-state index contributed by atoms with van der Waals surface area (Å²) in [4.78, 5) is 14.2. The van der Waals surface area contributed by atoms with E-state index >= 15 is 0 Å². The van der Waals surface area contributed by atoms with Crippen LogP contribution in [0.4, 0.5) is 0 Å². The zero-order valence-corrected chi connectivity index (χ0v) is 14.7. The van der Waals surface area contributed by atoms with Gasteiger partial charge in [-0.05, 0) is 18.8 Å². The maximum Gasteiger partial charge on any atom is 0.281 e. The van der Waals surface area contributed by atoms with Gasteiger partial charge in [0.1, 0.15) is 0 Å². The lowest BCUT2D eigenvalue weighted by Gasteiger charge is -2.40. The molecule has 2 aliphatic rings. The van der Waals surface area contributed by atoms with Gasteiger partial charge in [0, 0.05) is 59.7 Å². The summed E-state index contributed by atoms with van der Waals surface area (Å²) >= 11 is 0. The second-order valence-electron chi connectivity index (χ2n) is 6.47. The fourth-order valence-electron chi connectivity index (χ4n) is 3.69. The highest BCUT2D eigenvalue weighted by Gasteiger charge is 2.43. The number of carbonyl (C=O) groups excluding carboxylic acids is 1. The van der Waals surface area contributed by atoms with Crippen LogP contribution in [0.1, 0.15) is 12.8 Å². The number of fused-ring (bicyclic) bond motifs is 1. The van der Waals surface area contributed by atoms with Gasteiger partial charge >= 0.3 is 0 Å². The lowest BCUT2D eigenvalue weighted by molar-refractivity contribution is -0.143. The molecule has 0 aromatic carbocycles. The van der Waals surface area contributed by atoms with E-state index in [9.17, 15) is 13.2 Å². The number of rotatable bonds is 4. The highest BCUT2D eigenvalue weighted by molar-refractivity contribution is 7.86. The lowest BCUT2D eigenvalue weighted by atomic mass is 9.75. The molecule has 0 bridgehead atoms. The quantitative estimate of drug-likeness (QED) is 0.718. The molecular formula is C14H27N3O4S. The highest BCUT2D eigenvalue weighted by atomic mass is 32.2. The topological polar surface area (TPSA) is 70.2 Å². The summed E-state index contributed by atoms with van der Waals surface area (Å²) in [6, 6.07) is 0. The molecule has 0 aliphatic carbocycles. The van der Waals surface area contributed by atoms with E-state index in [2.05, 4.69) is 0 Å². The number of likely N-dealkylation sites (tertiary alicyclic amines) is 1. The fourth-order valence-corrected chi connectivity index (χ4v) is 4.82. The van der Waals surface area contributed by atoms with Gasteiger partial charge in [-0.2, -0.15) is 17.0 Å². The third-order valence-corrected chi connectivity index (χ3v) is 6.83. The van der Waals surface area contributed by atoms with Crippen molar-refractivity contribution in [3.63, 3.8) is 0 Å². The molecule has 1 amide bonds. The van der Waals surface area contributed by atoms with E-state index in [-0.39, 0.29) is 23.7 Å². The van der Waals surface area contributed by atoms with Crippen molar-refractivity contribution in [1.29, 1.82) is 0 Å². The van der Waals surface area contributed by atoms with E-state index in [4.69, 9.17) is 4.74 Å². The first-order valence-corrected chi connectivity index (χ1v) is 9.10. The lowest BCUT2D eigenvalue weighted by Crippen LogP contribution is -2.49. The Bertz CT molecular complexity index is 508. The second kappa shape index (κ2) is 6.82. The van der Waals surface area contributed by atoms with Gasteiger partial charge in [0.25, 0.3) is 10.2 Å². The molecule has 0 aromatic rings. The zero-order chi connectivity index (χ0) is 16.5. The van der Waals surface area contributed by atoms with Crippen LogP contribution < -0.4 is 0 Å². The molecule has 0 unspecified atom stereocenters. The predicted molar refractivity (Wildman–Crippen MR) is 83.4 cm³/mol. The van der Waals surface area contributed by atoms with Crippen molar-refractivity contribution in [3.05, 3.63) is 0 Å². The molecule has 7 nitrogen and oxygen atoms in total. The van der Waals surface area contributed by atoms with Crippen LogP contribution in [-0.4, -0.2) is 82.3 Å². The Kier molecular flexibility index (Phi) is 5.47. The van der Waals surface area contributed by atoms with Crippen molar-refractivity contribution in [1.82, 2.24) is 13.5 Å². The molecule has 0 radical (unpaired) electrons. The van der Waals surface area contributed by atoms with Gasteiger partial charge in [-0.3, -0.25) is 4.79 Å². The van der Waals surface area contributed by atoms with Crippen molar-refractivity contribution in [2.75, 3.05) is 54.5 Å². The predicted octanol–water partition coefficient (Wildman–Crippen LogP) is -0.144. The average Bonchev–Trinajstić information content (AvgIpc) is 2.68. The third kappa shape index (κ3) is 3.29. The third-order valence-electron chi connectivity index (χ3n) is 4.89. The molecule has 22 heavy (non-hydrogen) atoms. The Morgan fingerprint density at radius 2 is 1.91 bits per heavy atom. The first-order valence-electron chi connectivity index (χ1n) is 7.70. The van der Waals surface area contributed by atoms with Gasteiger partial charge in [-0.1, -0.05) is 0 Å². The summed E-state index contributed by atoms with van der Waals surface area (Å²) in [5, 5.41) is 0. The standard InChI is InChI=1S/C14H27N3O4S/c1-15(2)22(19,20)17-7-5-12-11(10-21-4)9-16(3)14(18)13(12)6-8-17/h11-13H,5-10H2,1-4H3/t11-,12+,13+/m0/s1. The van der Waals surface area contributed by atoms with Gasteiger partial charge in [0.05, 0.1) is 6.61 Å². The molecule has 2 heterocycles. The minimum absolute atomic E-state index is 0.0961. The van der Waals surface area contributed by atoms with Crippen LogP contribution in [0.5, 0.6) is 0 Å². The van der Waals surface area contributed by atoms with E-state index in [0.29, 0.717) is 39.1 Å². The van der Waals surface area contributed by atoms with Crippen molar-refractivity contribution in [2.45, 2.75) is 12.8 Å². The number of carbonyl (C=O) groups is 1. The van der Waals surface area contributed by atoms with Crippen LogP contribution >= 0.6 is 0 Å². The van der Waals surface area contributed by atoms with E-state index in [1.807, 2.05) is 7.05 Å². The Balaban J connectivity index is 2.19. The number of hydrogen-bond acceptors (Lipinski definition) is 4. The summed E-state index contributed by atoms with van der Waals surface area (Å²) in [5.74, 6) is 0.522. The SMILES string of the molecule is COC[C@@H]1CN(C)C(=O)[C@@H]2CCN(S(=O)(=O)N(C)C)CC[C@H]12. The smallest absolute Gasteiger partial charge is 0.281 e. The zero-order valence-electron chi connectivity index (χ0n) is 13.9. The average molecular weight is 333 g/mol. The molecule has 2 saturated heterocycles. The van der Waals surface area contributed by atoms with Crippen LogP contribution in [0.3, 0.4) is 0 Å². The molecule has 0 N–H and O–H groups in total. The van der Waals surface area contributed by atoms with E-state index < -0.39 is 10.2 Å². The van der Waals surface area contributed by atoms with Crippen molar-refractivity contribution < 1.29 is 17.9 Å². The number of nitrogens with zero attached hydrogens (tertiary/aromatic N) is 3. The molecule has 2 aliphatic heterocycles. The minimum atomic E-state index is -3.42. The van der Waals surface area contributed by atoms with Crippen LogP contribution in [0.25, 0.3) is 0 Å². The van der Waals surface area contributed by atoms with Crippen molar-refractivity contribution in [2.24, 2.45) is 17.8 Å². The van der Waals surface area contributed by atoms with Crippen LogP contribution in [0.2, 0.25) is 0 Å². The van der Waals surface area contributed by atoms with Gasteiger partial charge < -0.3 is 9.64 Å². The van der Waals surface area contributed by atoms with Crippen LogP contribution in [0, 0.1) is 17.8 Å². The Morgan fingerprint density at radius 1 is 1.27 bits per heavy atom. The fraction of sp³-hybridized carbons (Fsp3) is 0.929. The number of hydrogen-bond donors (Lipinski definition) is 0. The largest absolute Gasteiger partial charge is 0.384 e. The second-order valence-corrected chi connectivity index (χ2v) is 8.61. The van der Waals surface area contributed by atoms with E-state index in [1.54, 1.807) is 26.1 Å². The summed E-state index contributed by atoms with van der Waals surface area (Å²) in [6.45, 7) is 2.17. The van der Waals surface area contributed by atoms with E-state index in [0.717, 1.165) is 0 Å². The molecule has 3 atom stereocenters. The summed E-state index contributed by atoms with van der Waals surface area (Å²) in [5.41, 5.74) is 0. The highest BCUT2D eigenvalue weighted by Crippen LogP contribution is 2.36. The molecule has 0 spiro atoms. The number of piperidine rings is 1. The molecule has 128 valence electrons. The van der Waals surface area contributed by atoms with Gasteiger partial charge in [-0.15, -0.1) is 0 Å². The summed E-state index contributed by atoms with van der Waals surface area (Å²) in [6.07, 6.45) is 1.30. The number of amides is 1. The van der Waals surface area contributed by atoms with Gasteiger partial charge in [0.2, 0.25) is 5.91 Å². The van der Waals surface area contributed by atoms with E-state index in [1.165, 1.54) is 8.61 Å². The summed E-state index contributed by atoms with van der Waals surface area (Å²) < 4.78 is 32.7. The van der Waals surface area contributed by atoms with Gasteiger partial charge in [0.15, 0.2) is 0 Å². The summed E-state index contributed by atoms with van der Waals surface area (Å²) in [7, 11) is 3.16. The number of methoxy groups -OCH3 is 1. The van der Waals surface area contributed by atoms with Crippen molar-refractivity contribution >= 4 is 16.1 Å². The Labute approximate surface area is 133 Å². The maximum absolute atomic E-state index is 12.5. The first kappa shape index (κ1) is 17.7. The Morgan fingerprint density at radius 3 is 2.50 bits per heavy atom. The van der Waals surface area contributed by atoms with Crippen LogP contribution in [-0.2, 0) is 19.7 Å². The maximum atomic E-state index is 12.5.